The Hall–Kier alpha value is -0.950. The third kappa shape index (κ3) is 1.37. The summed E-state index contributed by atoms with van der Waals surface area (Å²) in [5.41, 5.74) is 3.82. The molecule has 1 aromatic carbocycles. The van der Waals surface area contributed by atoms with Crippen molar-refractivity contribution in [1.82, 2.24) is 0 Å². The van der Waals surface area contributed by atoms with Crippen molar-refractivity contribution in [3.63, 3.8) is 0 Å². The topological polar surface area (TPSA) is 12.0 Å². The highest BCUT2D eigenvalue weighted by molar-refractivity contribution is 6.31. The highest BCUT2D eigenvalue weighted by Crippen LogP contribution is 2.42. The van der Waals surface area contributed by atoms with Crippen LogP contribution < -0.4 is 5.32 Å². The molecule has 0 bridgehead atoms. The monoisotopic (exact) mass is 219 g/mol. The van der Waals surface area contributed by atoms with Crippen LogP contribution in [0.5, 0.6) is 0 Å². The molecule has 1 heterocycles. The van der Waals surface area contributed by atoms with Gasteiger partial charge >= 0.3 is 0 Å². The number of benzene rings is 1. The molecule has 0 aromatic heterocycles. The molecule has 1 aromatic rings. The molecule has 15 heavy (non-hydrogen) atoms. The molecule has 0 saturated carbocycles. The number of hydrogen-bond acceptors (Lipinski definition) is 1. The minimum atomic E-state index is 0.560. The quantitative estimate of drug-likeness (QED) is 0.653. The number of hydrogen-bond donors (Lipinski definition) is 1. The molecule has 2 atom stereocenters. The van der Waals surface area contributed by atoms with Crippen molar-refractivity contribution < 1.29 is 0 Å². The maximum Gasteiger partial charge on any atom is 0.0455 e. The van der Waals surface area contributed by atoms with Gasteiger partial charge in [-0.1, -0.05) is 29.8 Å². The lowest BCUT2D eigenvalue weighted by Crippen LogP contribution is -2.21. The van der Waals surface area contributed by atoms with Gasteiger partial charge in [0.1, 0.15) is 0 Å². The van der Waals surface area contributed by atoms with Crippen molar-refractivity contribution >= 4 is 17.3 Å². The van der Waals surface area contributed by atoms with Crippen molar-refractivity contribution in [2.75, 3.05) is 5.32 Å². The molecule has 78 valence electrons. The SMILES string of the molecule is Cc1cc2c(cc1Cl)NC1CCC=CC21. The van der Waals surface area contributed by atoms with Gasteiger partial charge in [0, 0.05) is 22.7 Å². The van der Waals surface area contributed by atoms with Crippen LogP contribution in [0, 0.1) is 6.92 Å². The molecule has 0 saturated heterocycles. The summed E-state index contributed by atoms with van der Waals surface area (Å²) >= 11 is 6.13. The Bertz CT molecular complexity index is 436. The van der Waals surface area contributed by atoms with Gasteiger partial charge in [0.15, 0.2) is 0 Å². The predicted molar refractivity (Wildman–Crippen MR) is 64.7 cm³/mol. The van der Waals surface area contributed by atoms with E-state index in [1.165, 1.54) is 29.7 Å². The predicted octanol–water partition coefficient (Wildman–Crippen LogP) is 3.88. The van der Waals surface area contributed by atoms with Gasteiger partial charge in [0.25, 0.3) is 0 Å². The van der Waals surface area contributed by atoms with Gasteiger partial charge in [-0.3, -0.25) is 0 Å². The Morgan fingerprint density at radius 1 is 1.40 bits per heavy atom. The first-order valence-electron chi connectivity index (χ1n) is 5.49. The summed E-state index contributed by atoms with van der Waals surface area (Å²) < 4.78 is 0. The van der Waals surface area contributed by atoms with Gasteiger partial charge in [-0.05, 0) is 37.0 Å². The van der Waals surface area contributed by atoms with E-state index in [1.807, 2.05) is 0 Å². The lowest BCUT2D eigenvalue weighted by Gasteiger charge is -2.20. The number of nitrogens with one attached hydrogen (secondary N) is 1. The molecular weight excluding hydrogens is 206 g/mol. The van der Waals surface area contributed by atoms with Gasteiger partial charge in [0.05, 0.1) is 0 Å². The Morgan fingerprint density at radius 3 is 3.13 bits per heavy atom. The summed E-state index contributed by atoms with van der Waals surface area (Å²) in [4.78, 5) is 0. The van der Waals surface area contributed by atoms with E-state index in [1.54, 1.807) is 0 Å². The molecule has 2 unspecified atom stereocenters. The first kappa shape index (κ1) is 9.29. The van der Waals surface area contributed by atoms with E-state index in [9.17, 15) is 0 Å². The second-order valence-corrected chi connectivity index (χ2v) is 4.88. The molecule has 2 aliphatic rings. The average molecular weight is 220 g/mol. The highest BCUT2D eigenvalue weighted by Gasteiger charge is 2.31. The summed E-state index contributed by atoms with van der Waals surface area (Å²) in [5.74, 6) is 0.560. The summed E-state index contributed by atoms with van der Waals surface area (Å²) in [7, 11) is 0. The molecule has 3 rings (SSSR count). The Balaban J connectivity index is 2.11. The van der Waals surface area contributed by atoms with E-state index >= 15 is 0 Å². The Morgan fingerprint density at radius 2 is 2.27 bits per heavy atom. The fourth-order valence-corrected chi connectivity index (χ4v) is 2.78. The number of anilines is 1. The summed E-state index contributed by atoms with van der Waals surface area (Å²) in [6.07, 6.45) is 7.05. The molecule has 0 amide bonds. The van der Waals surface area contributed by atoms with Crippen LogP contribution in [0.2, 0.25) is 5.02 Å². The van der Waals surface area contributed by atoms with Crippen LogP contribution in [0.1, 0.15) is 29.9 Å². The number of rotatable bonds is 0. The molecule has 1 aliphatic heterocycles. The van der Waals surface area contributed by atoms with Gasteiger partial charge in [0.2, 0.25) is 0 Å². The minimum Gasteiger partial charge on any atom is -0.381 e. The largest absolute Gasteiger partial charge is 0.381 e. The Kier molecular flexibility index (Phi) is 2.03. The second-order valence-electron chi connectivity index (χ2n) is 4.47. The summed E-state index contributed by atoms with van der Waals surface area (Å²) in [5, 5.41) is 4.43. The summed E-state index contributed by atoms with van der Waals surface area (Å²) in [6.45, 7) is 2.07. The van der Waals surface area contributed by atoms with Crippen LogP contribution in [-0.2, 0) is 0 Å². The van der Waals surface area contributed by atoms with E-state index in [0.29, 0.717) is 12.0 Å². The standard InChI is InChI=1S/C13H14ClN/c1-8-6-10-9-4-2-3-5-12(9)15-13(10)7-11(8)14/h2,4,6-7,9,12,15H,3,5H2,1H3. The third-order valence-electron chi connectivity index (χ3n) is 3.45. The van der Waals surface area contributed by atoms with Crippen LogP contribution in [0.3, 0.4) is 0 Å². The van der Waals surface area contributed by atoms with Crippen LogP contribution >= 0.6 is 11.6 Å². The fourth-order valence-electron chi connectivity index (χ4n) is 2.62. The first-order chi connectivity index (χ1) is 7.25. The zero-order valence-electron chi connectivity index (χ0n) is 8.76. The van der Waals surface area contributed by atoms with Gasteiger partial charge in [-0.15, -0.1) is 0 Å². The lowest BCUT2D eigenvalue weighted by molar-refractivity contribution is 0.606. The van der Waals surface area contributed by atoms with Crippen LogP contribution in [0.25, 0.3) is 0 Å². The van der Waals surface area contributed by atoms with E-state index < -0.39 is 0 Å². The maximum atomic E-state index is 6.13. The zero-order chi connectivity index (χ0) is 10.4. The van der Waals surface area contributed by atoms with Crippen molar-refractivity contribution in [3.8, 4) is 0 Å². The molecule has 1 N–H and O–H groups in total. The second kappa shape index (κ2) is 3.28. The van der Waals surface area contributed by atoms with Crippen molar-refractivity contribution in [3.05, 3.63) is 40.4 Å². The molecule has 2 heteroatoms. The number of aryl methyl sites for hydroxylation is 1. The number of halogens is 1. The van der Waals surface area contributed by atoms with E-state index in [4.69, 9.17) is 11.6 Å². The third-order valence-corrected chi connectivity index (χ3v) is 3.86. The molecular formula is C13H14ClN. The molecule has 1 nitrogen and oxygen atoms in total. The molecule has 0 spiro atoms. The highest BCUT2D eigenvalue weighted by atomic mass is 35.5. The number of fused-ring (bicyclic) bond motifs is 3. The minimum absolute atomic E-state index is 0.560. The summed E-state index contributed by atoms with van der Waals surface area (Å²) in [6, 6.07) is 4.88. The van der Waals surface area contributed by atoms with Crippen LogP contribution in [0.15, 0.2) is 24.3 Å². The van der Waals surface area contributed by atoms with Gasteiger partial charge in [-0.2, -0.15) is 0 Å². The Labute approximate surface area is 95.1 Å². The smallest absolute Gasteiger partial charge is 0.0455 e. The normalized spacial score (nSPS) is 27.1. The van der Waals surface area contributed by atoms with Gasteiger partial charge in [-0.25, -0.2) is 0 Å². The fraction of sp³-hybridized carbons (Fsp3) is 0.385. The molecule has 0 fully saturated rings. The first-order valence-corrected chi connectivity index (χ1v) is 5.87. The van der Waals surface area contributed by atoms with Crippen LogP contribution in [0.4, 0.5) is 5.69 Å². The van der Waals surface area contributed by atoms with Gasteiger partial charge < -0.3 is 5.32 Å². The van der Waals surface area contributed by atoms with Crippen LogP contribution in [-0.4, -0.2) is 6.04 Å². The lowest BCUT2D eigenvalue weighted by atomic mass is 9.87. The van der Waals surface area contributed by atoms with E-state index in [-0.39, 0.29) is 0 Å². The molecule has 0 radical (unpaired) electrons. The maximum absolute atomic E-state index is 6.13. The zero-order valence-corrected chi connectivity index (χ0v) is 9.51. The van der Waals surface area contributed by atoms with E-state index in [2.05, 4.69) is 36.5 Å². The van der Waals surface area contributed by atoms with Crippen molar-refractivity contribution in [1.29, 1.82) is 0 Å². The number of allylic oxidation sites excluding steroid dienone is 1. The molecule has 1 aliphatic carbocycles. The van der Waals surface area contributed by atoms with E-state index in [0.717, 1.165) is 5.02 Å². The van der Waals surface area contributed by atoms with Crippen molar-refractivity contribution in [2.24, 2.45) is 0 Å². The van der Waals surface area contributed by atoms with Crippen molar-refractivity contribution in [2.45, 2.75) is 31.7 Å². The average Bonchev–Trinajstić information content (AvgIpc) is 2.57.